The predicted molar refractivity (Wildman–Crippen MR) is 69.7 cm³/mol. The molecule has 5 heteroatoms. The van der Waals surface area contributed by atoms with Crippen LogP contribution in [0.1, 0.15) is 17.0 Å². The Kier molecular flexibility index (Phi) is 3.71. The second kappa shape index (κ2) is 5.25. The molecule has 0 spiro atoms. The minimum atomic E-state index is -0.160. The van der Waals surface area contributed by atoms with Crippen LogP contribution in [0.15, 0.2) is 39.7 Å². The SMILES string of the molecule is NCc1cnc(Cc2cccc(Br)c2)[nH]c1=O. The molecule has 0 aliphatic heterocycles. The summed E-state index contributed by atoms with van der Waals surface area (Å²) in [5.41, 5.74) is 6.84. The quantitative estimate of drug-likeness (QED) is 0.903. The van der Waals surface area contributed by atoms with Crippen LogP contribution in [0, 0.1) is 0 Å². The van der Waals surface area contributed by atoms with Crippen molar-refractivity contribution < 1.29 is 0 Å². The van der Waals surface area contributed by atoms with E-state index < -0.39 is 0 Å². The van der Waals surface area contributed by atoms with E-state index in [2.05, 4.69) is 25.9 Å². The van der Waals surface area contributed by atoms with Gasteiger partial charge in [-0.25, -0.2) is 4.98 Å². The lowest BCUT2D eigenvalue weighted by Crippen LogP contribution is -2.18. The van der Waals surface area contributed by atoms with Gasteiger partial charge >= 0.3 is 0 Å². The Bertz CT molecular complexity index is 580. The fraction of sp³-hybridized carbons (Fsp3) is 0.167. The summed E-state index contributed by atoms with van der Waals surface area (Å²) in [5, 5.41) is 0. The predicted octanol–water partition coefficient (Wildman–Crippen LogP) is 1.58. The third-order valence-corrected chi connectivity index (χ3v) is 2.90. The number of aromatic amines is 1. The average Bonchev–Trinajstić information content (AvgIpc) is 2.29. The highest BCUT2D eigenvalue weighted by Gasteiger charge is 2.02. The minimum Gasteiger partial charge on any atom is -0.326 e. The molecule has 0 saturated carbocycles. The Morgan fingerprint density at radius 3 is 2.88 bits per heavy atom. The van der Waals surface area contributed by atoms with Crippen molar-refractivity contribution in [3.8, 4) is 0 Å². The number of rotatable bonds is 3. The molecule has 1 aromatic carbocycles. The normalized spacial score (nSPS) is 10.5. The van der Waals surface area contributed by atoms with Crippen LogP contribution in [-0.4, -0.2) is 9.97 Å². The van der Waals surface area contributed by atoms with Crippen LogP contribution in [-0.2, 0) is 13.0 Å². The molecule has 4 nitrogen and oxygen atoms in total. The maximum absolute atomic E-state index is 11.5. The zero-order chi connectivity index (χ0) is 12.3. The third-order valence-electron chi connectivity index (χ3n) is 2.41. The molecule has 0 aliphatic carbocycles. The summed E-state index contributed by atoms with van der Waals surface area (Å²) >= 11 is 3.40. The zero-order valence-corrected chi connectivity index (χ0v) is 10.7. The van der Waals surface area contributed by atoms with Crippen LogP contribution >= 0.6 is 15.9 Å². The number of benzene rings is 1. The molecule has 88 valence electrons. The molecule has 0 saturated heterocycles. The van der Waals surface area contributed by atoms with Crippen molar-refractivity contribution in [1.82, 2.24) is 9.97 Å². The Morgan fingerprint density at radius 1 is 1.41 bits per heavy atom. The van der Waals surface area contributed by atoms with Crippen molar-refractivity contribution in [1.29, 1.82) is 0 Å². The first-order valence-electron chi connectivity index (χ1n) is 5.20. The monoisotopic (exact) mass is 293 g/mol. The van der Waals surface area contributed by atoms with E-state index in [-0.39, 0.29) is 12.1 Å². The highest BCUT2D eigenvalue weighted by atomic mass is 79.9. The van der Waals surface area contributed by atoms with E-state index in [1.54, 1.807) is 0 Å². The van der Waals surface area contributed by atoms with Crippen molar-refractivity contribution >= 4 is 15.9 Å². The first-order valence-corrected chi connectivity index (χ1v) is 6.00. The summed E-state index contributed by atoms with van der Waals surface area (Å²) in [6, 6.07) is 7.89. The van der Waals surface area contributed by atoms with Gasteiger partial charge in [0.05, 0.1) is 0 Å². The third kappa shape index (κ3) is 3.01. The molecule has 1 heterocycles. The number of halogens is 1. The van der Waals surface area contributed by atoms with Gasteiger partial charge in [0.15, 0.2) is 0 Å². The van der Waals surface area contributed by atoms with Crippen molar-refractivity contribution in [2.24, 2.45) is 5.73 Å². The van der Waals surface area contributed by atoms with E-state index in [9.17, 15) is 4.79 Å². The van der Waals surface area contributed by atoms with Crippen molar-refractivity contribution in [3.05, 3.63) is 62.2 Å². The van der Waals surface area contributed by atoms with Gasteiger partial charge < -0.3 is 10.7 Å². The van der Waals surface area contributed by atoms with E-state index in [0.717, 1.165) is 10.0 Å². The Morgan fingerprint density at radius 2 is 2.24 bits per heavy atom. The molecule has 0 unspecified atom stereocenters. The second-order valence-corrected chi connectivity index (χ2v) is 4.61. The van der Waals surface area contributed by atoms with E-state index in [1.165, 1.54) is 6.20 Å². The van der Waals surface area contributed by atoms with Gasteiger partial charge in [0.25, 0.3) is 5.56 Å². The molecule has 17 heavy (non-hydrogen) atoms. The van der Waals surface area contributed by atoms with Crippen molar-refractivity contribution in [3.63, 3.8) is 0 Å². The number of nitrogens with zero attached hydrogens (tertiary/aromatic N) is 1. The average molecular weight is 294 g/mol. The Labute approximate surface area is 107 Å². The smallest absolute Gasteiger partial charge is 0.255 e. The fourth-order valence-electron chi connectivity index (χ4n) is 1.53. The van der Waals surface area contributed by atoms with Crippen LogP contribution in [0.2, 0.25) is 0 Å². The van der Waals surface area contributed by atoms with Gasteiger partial charge in [-0.15, -0.1) is 0 Å². The van der Waals surface area contributed by atoms with Gasteiger partial charge in [-0.3, -0.25) is 4.79 Å². The van der Waals surface area contributed by atoms with Gasteiger partial charge in [-0.2, -0.15) is 0 Å². The lowest BCUT2D eigenvalue weighted by molar-refractivity contribution is 0.897. The van der Waals surface area contributed by atoms with Crippen LogP contribution < -0.4 is 11.3 Å². The minimum absolute atomic E-state index is 0.160. The standard InChI is InChI=1S/C12H12BrN3O/c13-10-3-1-2-8(4-10)5-11-15-7-9(6-14)12(17)16-11/h1-4,7H,5-6,14H2,(H,15,16,17). The number of hydrogen-bond acceptors (Lipinski definition) is 3. The number of H-pyrrole nitrogens is 1. The maximum Gasteiger partial charge on any atom is 0.255 e. The van der Waals surface area contributed by atoms with E-state index in [1.807, 2.05) is 24.3 Å². The molecule has 3 N–H and O–H groups in total. The number of aromatic nitrogens is 2. The van der Waals surface area contributed by atoms with E-state index in [0.29, 0.717) is 17.8 Å². The highest BCUT2D eigenvalue weighted by Crippen LogP contribution is 2.13. The highest BCUT2D eigenvalue weighted by molar-refractivity contribution is 9.10. The maximum atomic E-state index is 11.5. The van der Waals surface area contributed by atoms with Crippen LogP contribution in [0.5, 0.6) is 0 Å². The van der Waals surface area contributed by atoms with Crippen molar-refractivity contribution in [2.45, 2.75) is 13.0 Å². The summed E-state index contributed by atoms with van der Waals surface area (Å²) in [6.07, 6.45) is 2.13. The first-order chi connectivity index (χ1) is 8.19. The molecule has 2 rings (SSSR count). The molecule has 0 bridgehead atoms. The van der Waals surface area contributed by atoms with Crippen molar-refractivity contribution in [2.75, 3.05) is 0 Å². The lowest BCUT2D eigenvalue weighted by Gasteiger charge is -2.02. The van der Waals surface area contributed by atoms with Crippen LogP contribution in [0.3, 0.4) is 0 Å². The van der Waals surface area contributed by atoms with Gasteiger partial charge in [0.2, 0.25) is 0 Å². The molecule has 0 radical (unpaired) electrons. The molecule has 0 aliphatic rings. The molecule has 0 fully saturated rings. The van der Waals surface area contributed by atoms with Gasteiger partial charge in [0.1, 0.15) is 5.82 Å². The molecule has 0 amide bonds. The second-order valence-electron chi connectivity index (χ2n) is 3.70. The summed E-state index contributed by atoms with van der Waals surface area (Å²) in [7, 11) is 0. The number of nitrogens with one attached hydrogen (secondary N) is 1. The summed E-state index contributed by atoms with van der Waals surface area (Å²) < 4.78 is 1.01. The lowest BCUT2D eigenvalue weighted by atomic mass is 10.1. The zero-order valence-electron chi connectivity index (χ0n) is 9.11. The van der Waals surface area contributed by atoms with E-state index >= 15 is 0 Å². The molecule has 0 atom stereocenters. The van der Waals surface area contributed by atoms with Crippen LogP contribution in [0.25, 0.3) is 0 Å². The van der Waals surface area contributed by atoms with Gasteiger partial charge in [-0.05, 0) is 17.7 Å². The van der Waals surface area contributed by atoms with Gasteiger partial charge in [-0.1, -0.05) is 28.1 Å². The topological polar surface area (TPSA) is 71.8 Å². The first kappa shape index (κ1) is 12.0. The van der Waals surface area contributed by atoms with Gasteiger partial charge in [0, 0.05) is 29.2 Å². The van der Waals surface area contributed by atoms with E-state index in [4.69, 9.17) is 5.73 Å². The summed E-state index contributed by atoms with van der Waals surface area (Å²) in [6.45, 7) is 0.208. The number of hydrogen-bond donors (Lipinski definition) is 2. The Balaban J connectivity index is 2.25. The van der Waals surface area contributed by atoms with Crippen LogP contribution in [0.4, 0.5) is 0 Å². The summed E-state index contributed by atoms with van der Waals surface area (Å²) in [5.74, 6) is 0.644. The molecule has 1 aromatic heterocycles. The Hall–Kier alpha value is -1.46. The molecular formula is C12H12BrN3O. The molecular weight excluding hydrogens is 282 g/mol. The largest absolute Gasteiger partial charge is 0.326 e. The summed E-state index contributed by atoms with van der Waals surface area (Å²) in [4.78, 5) is 18.5. The number of nitrogens with two attached hydrogens (primary N) is 1. The fourth-order valence-corrected chi connectivity index (χ4v) is 1.98. The molecule has 2 aromatic rings.